The SMILES string of the molecule is COc1ccc(CNCOc2cc(OC)cc(C(=O)[C@H]3[C@@H](C)C(=O)C[C@H]4C(C)(C)CCC[C@]34C)c2)cc1. The number of carbonyl (C=O) groups is 2. The normalized spacial score (nSPS) is 26.8. The third-order valence-corrected chi connectivity index (χ3v) is 8.91. The fourth-order valence-corrected chi connectivity index (χ4v) is 6.89. The van der Waals surface area contributed by atoms with Gasteiger partial charge in [-0.1, -0.05) is 46.2 Å². The minimum atomic E-state index is -0.355. The molecule has 2 aromatic rings. The zero-order valence-electron chi connectivity index (χ0n) is 23.1. The Morgan fingerprint density at radius 1 is 0.973 bits per heavy atom. The summed E-state index contributed by atoms with van der Waals surface area (Å²) < 4.78 is 16.7. The van der Waals surface area contributed by atoms with Gasteiger partial charge < -0.3 is 14.2 Å². The van der Waals surface area contributed by atoms with E-state index in [-0.39, 0.29) is 46.9 Å². The Balaban J connectivity index is 1.52. The Kier molecular flexibility index (Phi) is 7.98. The number of hydrogen-bond donors (Lipinski definition) is 1. The average molecular weight is 508 g/mol. The molecule has 37 heavy (non-hydrogen) atoms. The molecule has 2 saturated carbocycles. The van der Waals surface area contributed by atoms with Crippen LogP contribution < -0.4 is 19.5 Å². The molecule has 0 aromatic heterocycles. The van der Waals surface area contributed by atoms with E-state index in [0.717, 1.165) is 30.6 Å². The predicted octanol–water partition coefficient (Wildman–Crippen LogP) is 6.07. The van der Waals surface area contributed by atoms with E-state index < -0.39 is 0 Å². The molecule has 0 radical (unpaired) electrons. The Labute approximate surface area is 221 Å². The summed E-state index contributed by atoms with van der Waals surface area (Å²) in [7, 11) is 3.23. The van der Waals surface area contributed by atoms with Gasteiger partial charge >= 0.3 is 0 Å². The zero-order chi connectivity index (χ0) is 26.8. The monoisotopic (exact) mass is 507 g/mol. The molecule has 2 aliphatic rings. The van der Waals surface area contributed by atoms with Crippen LogP contribution in [-0.2, 0) is 11.3 Å². The molecule has 6 nitrogen and oxygen atoms in total. The van der Waals surface area contributed by atoms with E-state index in [1.165, 1.54) is 0 Å². The lowest BCUT2D eigenvalue weighted by Crippen LogP contribution is -2.56. The number of methoxy groups -OCH3 is 2. The molecule has 6 heteroatoms. The number of rotatable bonds is 9. The third-order valence-electron chi connectivity index (χ3n) is 8.91. The van der Waals surface area contributed by atoms with Gasteiger partial charge in [0.1, 0.15) is 29.8 Å². The van der Waals surface area contributed by atoms with Gasteiger partial charge in [0.05, 0.1) is 14.2 Å². The highest BCUT2D eigenvalue weighted by Gasteiger charge is 2.58. The first kappa shape index (κ1) is 27.2. The van der Waals surface area contributed by atoms with E-state index in [4.69, 9.17) is 14.2 Å². The number of nitrogens with one attached hydrogen (secondary N) is 1. The molecule has 2 fully saturated rings. The number of hydrogen-bond acceptors (Lipinski definition) is 6. The molecule has 4 atom stereocenters. The number of carbonyl (C=O) groups excluding carboxylic acids is 2. The third kappa shape index (κ3) is 5.54. The van der Waals surface area contributed by atoms with Gasteiger partial charge in [-0.25, -0.2) is 0 Å². The largest absolute Gasteiger partial charge is 0.497 e. The van der Waals surface area contributed by atoms with Gasteiger partial charge in [0, 0.05) is 36.4 Å². The first-order valence-corrected chi connectivity index (χ1v) is 13.3. The quantitative estimate of drug-likeness (QED) is 0.252. The molecule has 4 rings (SSSR count). The molecule has 0 spiro atoms. The van der Waals surface area contributed by atoms with Crippen LogP contribution in [0, 0.1) is 28.6 Å². The summed E-state index contributed by atoms with van der Waals surface area (Å²) in [6.45, 7) is 9.61. The standard InChI is InChI=1S/C31H41NO5/c1-20-26(33)17-27-30(2,3)12-7-13-31(27,4)28(20)29(34)22-14-24(36-6)16-25(15-22)37-19-32-18-21-8-10-23(35-5)11-9-21/h8-11,14-16,20,27-28,32H,7,12-13,17-19H2,1-6H3/t20-,27-,28+,31-/m0/s1. The number of fused-ring (bicyclic) bond motifs is 1. The number of ketones is 2. The molecule has 2 aromatic carbocycles. The molecule has 200 valence electrons. The van der Waals surface area contributed by atoms with Crippen LogP contribution in [0.15, 0.2) is 42.5 Å². The van der Waals surface area contributed by atoms with Crippen molar-refractivity contribution in [3.8, 4) is 17.2 Å². The summed E-state index contributed by atoms with van der Waals surface area (Å²) in [6, 6.07) is 13.2. The van der Waals surface area contributed by atoms with Crippen molar-refractivity contribution in [2.75, 3.05) is 21.0 Å². The first-order chi connectivity index (χ1) is 17.6. The van der Waals surface area contributed by atoms with Crippen LogP contribution >= 0.6 is 0 Å². The summed E-state index contributed by atoms with van der Waals surface area (Å²) in [5.41, 5.74) is 1.48. The maximum absolute atomic E-state index is 14.1. The Bertz CT molecular complexity index is 1120. The van der Waals surface area contributed by atoms with Crippen LogP contribution in [0.2, 0.25) is 0 Å². The van der Waals surface area contributed by atoms with Crippen LogP contribution in [0.25, 0.3) is 0 Å². The molecule has 0 bridgehead atoms. The second kappa shape index (κ2) is 10.9. The Morgan fingerprint density at radius 3 is 2.32 bits per heavy atom. The smallest absolute Gasteiger partial charge is 0.167 e. The van der Waals surface area contributed by atoms with Crippen molar-refractivity contribution in [3.63, 3.8) is 0 Å². The minimum Gasteiger partial charge on any atom is -0.497 e. The Morgan fingerprint density at radius 2 is 1.65 bits per heavy atom. The molecule has 0 heterocycles. The zero-order valence-corrected chi connectivity index (χ0v) is 23.1. The average Bonchev–Trinajstić information content (AvgIpc) is 2.88. The van der Waals surface area contributed by atoms with E-state index in [9.17, 15) is 9.59 Å². The van der Waals surface area contributed by atoms with Crippen molar-refractivity contribution in [1.82, 2.24) is 5.32 Å². The topological polar surface area (TPSA) is 73.9 Å². The maximum Gasteiger partial charge on any atom is 0.167 e. The molecule has 0 unspecified atom stereocenters. The highest BCUT2D eigenvalue weighted by molar-refractivity contribution is 6.02. The first-order valence-electron chi connectivity index (χ1n) is 13.3. The number of benzene rings is 2. The molecule has 0 amide bonds. The van der Waals surface area contributed by atoms with E-state index in [1.807, 2.05) is 31.2 Å². The van der Waals surface area contributed by atoms with E-state index in [1.54, 1.807) is 32.4 Å². The highest BCUT2D eigenvalue weighted by Crippen LogP contribution is 2.60. The van der Waals surface area contributed by atoms with Crippen LogP contribution in [0.4, 0.5) is 0 Å². The minimum absolute atomic E-state index is 0.0145. The van der Waals surface area contributed by atoms with Gasteiger partial charge in [-0.3, -0.25) is 14.9 Å². The predicted molar refractivity (Wildman–Crippen MR) is 144 cm³/mol. The van der Waals surface area contributed by atoms with Crippen molar-refractivity contribution >= 4 is 11.6 Å². The molecular weight excluding hydrogens is 466 g/mol. The highest BCUT2D eigenvalue weighted by atomic mass is 16.5. The molecule has 0 aliphatic heterocycles. The van der Waals surface area contributed by atoms with Gasteiger partial charge in [-0.05, 0) is 59.4 Å². The lowest BCUT2D eigenvalue weighted by atomic mass is 9.45. The van der Waals surface area contributed by atoms with Crippen LogP contribution in [0.1, 0.15) is 69.3 Å². The summed E-state index contributed by atoms with van der Waals surface area (Å²) >= 11 is 0. The van der Waals surface area contributed by atoms with Crippen molar-refractivity contribution in [1.29, 1.82) is 0 Å². The van der Waals surface area contributed by atoms with Crippen molar-refractivity contribution in [2.45, 2.75) is 59.9 Å². The lowest BCUT2D eigenvalue weighted by Gasteiger charge is -2.57. The van der Waals surface area contributed by atoms with Crippen molar-refractivity contribution in [3.05, 3.63) is 53.6 Å². The second-order valence-electron chi connectivity index (χ2n) is 11.7. The van der Waals surface area contributed by atoms with Gasteiger partial charge in [0.25, 0.3) is 0 Å². The molecule has 1 N–H and O–H groups in total. The van der Waals surface area contributed by atoms with E-state index in [0.29, 0.717) is 30.0 Å². The lowest BCUT2D eigenvalue weighted by molar-refractivity contribution is -0.143. The van der Waals surface area contributed by atoms with Gasteiger partial charge in [-0.2, -0.15) is 0 Å². The molecular formula is C31H41NO5. The summed E-state index contributed by atoms with van der Waals surface area (Å²) in [5, 5.41) is 3.27. The second-order valence-corrected chi connectivity index (χ2v) is 11.7. The molecule has 0 saturated heterocycles. The Hall–Kier alpha value is -2.86. The fourth-order valence-electron chi connectivity index (χ4n) is 6.89. The van der Waals surface area contributed by atoms with E-state index >= 15 is 0 Å². The summed E-state index contributed by atoms with van der Waals surface area (Å²) in [5.74, 6) is 1.71. The maximum atomic E-state index is 14.1. The van der Waals surface area contributed by atoms with Crippen LogP contribution in [0.5, 0.6) is 17.2 Å². The van der Waals surface area contributed by atoms with Crippen molar-refractivity contribution < 1.29 is 23.8 Å². The van der Waals surface area contributed by atoms with Crippen molar-refractivity contribution in [2.24, 2.45) is 28.6 Å². The summed E-state index contributed by atoms with van der Waals surface area (Å²) in [6.07, 6.45) is 3.71. The van der Waals surface area contributed by atoms with Gasteiger partial charge in [0.2, 0.25) is 0 Å². The molecule has 2 aliphatic carbocycles. The van der Waals surface area contributed by atoms with Crippen LogP contribution in [-0.4, -0.2) is 32.5 Å². The fraction of sp³-hybridized carbons (Fsp3) is 0.548. The van der Waals surface area contributed by atoms with Crippen LogP contribution in [0.3, 0.4) is 0 Å². The summed E-state index contributed by atoms with van der Waals surface area (Å²) in [4.78, 5) is 27.3. The number of Topliss-reactive ketones (excluding diaryl/α,β-unsaturated/α-hetero) is 2. The van der Waals surface area contributed by atoms with Gasteiger partial charge in [0.15, 0.2) is 5.78 Å². The van der Waals surface area contributed by atoms with Gasteiger partial charge in [-0.15, -0.1) is 0 Å². The number of ether oxygens (including phenoxy) is 3. The van der Waals surface area contributed by atoms with E-state index in [2.05, 4.69) is 26.1 Å².